The Hall–Kier alpha value is -1.06. The number of imidazole rings is 2. The van der Waals surface area contributed by atoms with Gasteiger partial charge in [-0.1, -0.05) is 11.8 Å². The number of aliphatic imine (C=N–C) groups is 1. The van der Waals surface area contributed by atoms with E-state index in [0.29, 0.717) is 0 Å². The molecule has 126 valence electrons. The first-order valence-corrected chi connectivity index (χ1v) is 10.9. The third-order valence-electron chi connectivity index (χ3n) is 2.79. The molecule has 0 atom stereocenters. The van der Waals surface area contributed by atoms with Gasteiger partial charge in [0.25, 0.3) is 0 Å². The molecule has 0 aliphatic carbocycles. The molecular weight excluding hydrogens is 348 g/mol. The van der Waals surface area contributed by atoms with Crippen molar-refractivity contribution >= 4 is 40.5 Å². The lowest BCUT2D eigenvalue weighted by atomic mass is 10.7. The van der Waals surface area contributed by atoms with E-state index in [4.69, 9.17) is 0 Å². The molecule has 0 amide bonds. The predicted octanol–water partition coefficient (Wildman–Crippen LogP) is 2.61. The Morgan fingerprint density at radius 3 is 2.30 bits per heavy atom. The summed E-state index contributed by atoms with van der Waals surface area (Å²) in [6.45, 7) is 1.75. The average Bonchev–Trinajstić information content (AvgIpc) is 3.26. The molecule has 0 aliphatic rings. The Labute approximate surface area is 149 Å². The number of hydrogen-bond donors (Lipinski definition) is 3. The van der Waals surface area contributed by atoms with Crippen molar-refractivity contribution in [3.8, 4) is 0 Å². The summed E-state index contributed by atoms with van der Waals surface area (Å²) in [4.78, 5) is 19.2. The van der Waals surface area contributed by atoms with Gasteiger partial charge in [0.15, 0.2) is 5.17 Å². The van der Waals surface area contributed by atoms with Crippen LogP contribution in [0.3, 0.4) is 0 Å². The highest BCUT2D eigenvalue weighted by Crippen LogP contribution is 2.08. The zero-order valence-electron chi connectivity index (χ0n) is 13.1. The van der Waals surface area contributed by atoms with Gasteiger partial charge in [0.05, 0.1) is 18.1 Å². The van der Waals surface area contributed by atoms with Gasteiger partial charge in [0, 0.05) is 42.8 Å². The van der Waals surface area contributed by atoms with Crippen LogP contribution in [0.25, 0.3) is 0 Å². The summed E-state index contributed by atoms with van der Waals surface area (Å²) >= 11 is 5.37. The van der Waals surface area contributed by atoms with Gasteiger partial charge >= 0.3 is 0 Å². The van der Waals surface area contributed by atoms with Crippen LogP contribution >= 0.6 is 35.3 Å². The summed E-state index contributed by atoms with van der Waals surface area (Å²) in [7, 11) is 0. The summed E-state index contributed by atoms with van der Waals surface area (Å²) in [6.07, 6.45) is 9.34. The molecule has 0 aromatic carbocycles. The Bertz CT molecular complexity index is 541. The third-order valence-corrected chi connectivity index (χ3v) is 5.37. The molecule has 2 heterocycles. The smallest absolute Gasteiger partial charge is 0.156 e. The molecule has 3 N–H and O–H groups in total. The highest BCUT2D eigenvalue weighted by molar-refractivity contribution is 8.13. The number of aromatic amines is 2. The van der Waals surface area contributed by atoms with Crippen LogP contribution in [0.2, 0.25) is 0 Å². The Morgan fingerprint density at radius 1 is 1.09 bits per heavy atom. The molecule has 2 aromatic heterocycles. The van der Waals surface area contributed by atoms with Gasteiger partial charge in [0.2, 0.25) is 0 Å². The van der Waals surface area contributed by atoms with Gasteiger partial charge in [-0.15, -0.1) is 0 Å². The molecule has 0 radical (unpaired) electrons. The fraction of sp³-hybridized carbons (Fsp3) is 0.500. The molecule has 0 bridgehead atoms. The van der Waals surface area contributed by atoms with E-state index in [2.05, 4.69) is 36.5 Å². The second-order valence-corrected chi connectivity index (χ2v) is 7.50. The Morgan fingerprint density at radius 2 is 1.74 bits per heavy atom. The first-order chi connectivity index (χ1) is 11.4. The van der Waals surface area contributed by atoms with Crippen LogP contribution in [0.4, 0.5) is 0 Å². The van der Waals surface area contributed by atoms with Crippen LogP contribution in [0.1, 0.15) is 11.6 Å². The summed E-state index contributed by atoms with van der Waals surface area (Å²) in [5.41, 5.74) is 0. The molecule has 0 fully saturated rings. The zero-order chi connectivity index (χ0) is 16.2. The first-order valence-electron chi connectivity index (χ1n) is 7.33. The van der Waals surface area contributed by atoms with Crippen LogP contribution in [0, 0.1) is 0 Å². The minimum absolute atomic E-state index is 0.827. The lowest BCUT2D eigenvalue weighted by Gasteiger charge is -2.07. The van der Waals surface area contributed by atoms with Crippen LogP contribution in [-0.4, -0.2) is 56.0 Å². The number of nitrogens with one attached hydrogen (secondary N) is 3. The van der Waals surface area contributed by atoms with Crippen molar-refractivity contribution in [3.05, 3.63) is 36.4 Å². The molecule has 6 nitrogen and oxygen atoms in total. The number of amidine groups is 1. The fourth-order valence-electron chi connectivity index (χ4n) is 1.73. The highest BCUT2D eigenvalue weighted by Gasteiger charge is 1.99. The normalized spacial score (nSPS) is 11.8. The standard InChI is InChI=1S/C14H22N6S3/c1-21-14(19-6-8-22-10-12-15-2-3-16-12)20-7-9-23-11-13-17-4-5-18-13/h2-5H,6-11H2,1H3,(H,15,16)(H,17,18)(H,19,20). The first kappa shape index (κ1) is 18.3. The zero-order valence-corrected chi connectivity index (χ0v) is 15.6. The van der Waals surface area contributed by atoms with Crippen LogP contribution in [-0.2, 0) is 11.5 Å². The number of rotatable bonds is 10. The van der Waals surface area contributed by atoms with Crippen molar-refractivity contribution in [2.45, 2.75) is 11.5 Å². The number of aromatic nitrogens is 4. The van der Waals surface area contributed by atoms with Gasteiger partial charge in [0.1, 0.15) is 11.6 Å². The van der Waals surface area contributed by atoms with Crippen molar-refractivity contribution in [1.82, 2.24) is 25.3 Å². The van der Waals surface area contributed by atoms with Gasteiger partial charge < -0.3 is 15.3 Å². The highest BCUT2D eigenvalue weighted by atomic mass is 32.2. The van der Waals surface area contributed by atoms with E-state index < -0.39 is 0 Å². The van der Waals surface area contributed by atoms with Gasteiger partial charge in [-0.3, -0.25) is 4.99 Å². The van der Waals surface area contributed by atoms with E-state index in [-0.39, 0.29) is 0 Å². The van der Waals surface area contributed by atoms with Crippen LogP contribution < -0.4 is 5.32 Å². The summed E-state index contributed by atoms with van der Waals surface area (Å²) in [6, 6.07) is 0. The van der Waals surface area contributed by atoms with Gasteiger partial charge in [-0.25, -0.2) is 9.97 Å². The number of H-pyrrole nitrogens is 2. The van der Waals surface area contributed by atoms with Crippen molar-refractivity contribution in [2.75, 3.05) is 30.9 Å². The fourth-order valence-corrected chi connectivity index (χ4v) is 3.65. The molecular formula is C14H22N6S3. The predicted molar refractivity (Wildman–Crippen MR) is 103 cm³/mol. The van der Waals surface area contributed by atoms with E-state index in [1.54, 1.807) is 24.2 Å². The molecule has 0 saturated carbocycles. The van der Waals surface area contributed by atoms with Crippen LogP contribution in [0.15, 0.2) is 29.8 Å². The topological polar surface area (TPSA) is 81.8 Å². The second kappa shape index (κ2) is 11.5. The maximum atomic E-state index is 4.60. The minimum atomic E-state index is 0.827. The molecule has 2 rings (SSSR count). The minimum Gasteiger partial charge on any atom is -0.364 e. The summed E-state index contributed by atoms with van der Waals surface area (Å²) in [5, 5.41) is 4.40. The second-order valence-electron chi connectivity index (χ2n) is 4.49. The van der Waals surface area contributed by atoms with E-state index in [1.807, 2.05) is 35.9 Å². The lowest BCUT2D eigenvalue weighted by molar-refractivity contribution is 0.973. The Balaban J connectivity index is 1.51. The maximum absolute atomic E-state index is 4.60. The lowest BCUT2D eigenvalue weighted by Crippen LogP contribution is -2.23. The summed E-state index contributed by atoms with van der Waals surface area (Å²) < 4.78 is 0. The van der Waals surface area contributed by atoms with Crippen molar-refractivity contribution in [2.24, 2.45) is 4.99 Å². The number of nitrogens with zero attached hydrogens (tertiary/aromatic N) is 3. The quantitative estimate of drug-likeness (QED) is 0.339. The SMILES string of the molecule is CSC(=NCCSCc1ncc[nH]1)NCCSCc1ncc[nH]1. The molecule has 2 aromatic rings. The molecule has 0 aliphatic heterocycles. The van der Waals surface area contributed by atoms with Crippen molar-refractivity contribution in [3.63, 3.8) is 0 Å². The largest absolute Gasteiger partial charge is 0.364 e. The molecule has 0 spiro atoms. The molecule has 0 saturated heterocycles. The van der Waals surface area contributed by atoms with E-state index >= 15 is 0 Å². The van der Waals surface area contributed by atoms with Crippen molar-refractivity contribution in [1.29, 1.82) is 0 Å². The average molecular weight is 371 g/mol. The number of hydrogen-bond acceptors (Lipinski definition) is 6. The van der Waals surface area contributed by atoms with Crippen molar-refractivity contribution < 1.29 is 0 Å². The monoisotopic (exact) mass is 370 g/mol. The molecule has 0 unspecified atom stereocenters. The van der Waals surface area contributed by atoms with E-state index in [9.17, 15) is 0 Å². The third kappa shape index (κ3) is 7.85. The Kier molecular flexibility index (Phi) is 9.12. The summed E-state index contributed by atoms with van der Waals surface area (Å²) in [5.74, 6) is 5.92. The van der Waals surface area contributed by atoms with Gasteiger partial charge in [-0.2, -0.15) is 23.5 Å². The molecule has 23 heavy (non-hydrogen) atoms. The molecule has 9 heteroatoms. The van der Waals surface area contributed by atoms with E-state index in [1.165, 1.54) is 0 Å². The van der Waals surface area contributed by atoms with E-state index in [0.717, 1.165) is 52.9 Å². The maximum Gasteiger partial charge on any atom is 0.156 e. The van der Waals surface area contributed by atoms with Gasteiger partial charge in [-0.05, 0) is 6.26 Å². The number of thioether (sulfide) groups is 3. The van der Waals surface area contributed by atoms with Crippen LogP contribution in [0.5, 0.6) is 0 Å².